The molecule has 0 unspecified atom stereocenters. The molecule has 0 aliphatic carbocycles. The number of rotatable bonds is 10. The van der Waals surface area contributed by atoms with Crippen LogP contribution in [0, 0.1) is 5.92 Å². The first-order chi connectivity index (χ1) is 19.5. The highest BCUT2D eigenvalue weighted by Crippen LogP contribution is 2.32. The number of amides is 1. The Bertz CT molecular complexity index is 1620. The van der Waals surface area contributed by atoms with Crippen molar-refractivity contribution in [1.82, 2.24) is 4.90 Å². The molecule has 1 aliphatic rings. The number of sulfonamides is 2. The molecule has 0 radical (unpaired) electrons. The number of piperidine rings is 1. The van der Waals surface area contributed by atoms with Crippen LogP contribution in [0.1, 0.15) is 30.1 Å². The summed E-state index contributed by atoms with van der Waals surface area (Å²) in [5, 5.41) is 0. The summed E-state index contributed by atoms with van der Waals surface area (Å²) in [4.78, 5) is 14.7. The van der Waals surface area contributed by atoms with Crippen molar-refractivity contribution in [2.75, 3.05) is 43.9 Å². The Morgan fingerprint density at radius 2 is 1.34 bits per heavy atom. The Hall–Kier alpha value is -3.97. The number of nitrogens with zero attached hydrogens (tertiary/aromatic N) is 1. The first kappa shape index (κ1) is 30.0. The minimum atomic E-state index is -4.12. The quantitative estimate of drug-likeness (QED) is 0.352. The van der Waals surface area contributed by atoms with Gasteiger partial charge < -0.3 is 19.1 Å². The number of nitrogens with one attached hydrogen (secondary N) is 2. The van der Waals surface area contributed by atoms with Gasteiger partial charge in [0.1, 0.15) is 17.2 Å². The van der Waals surface area contributed by atoms with Crippen molar-refractivity contribution in [1.29, 1.82) is 0 Å². The number of hydrogen-bond acceptors (Lipinski definition) is 8. The van der Waals surface area contributed by atoms with Crippen molar-refractivity contribution < 1.29 is 35.8 Å². The van der Waals surface area contributed by atoms with Gasteiger partial charge in [-0.15, -0.1) is 0 Å². The summed E-state index contributed by atoms with van der Waals surface area (Å²) in [7, 11) is -3.87. The number of likely N-dealkylation sites (tertiary alicyclic amines) is 1. The summed E-state index contributed by atoms with van der Waals surface area (Å²) in [6.45, 7) is 3.32. The molecule has 1 fully saturated rings. The normalized spacial score (nSPS) is 14.3. The van der Waals surface area contributed by atoms with Crippen LogP contribution in [0.3, 0.4) is 0 Å². The number of methoxy groups -OCH3 is 3. The summed E-state index contributed by atoms with van der Waals surface area (Å²) < 4.78 is 73.1. The number of carbonyl (C=O) groups excluding carboxylic acids is 1. The second kappa shape index (κ2) is 12.3. The zero-order valence-corrected chi connectivity index (χ0v) is 24.8. The summed E-state index contributed by atoms with van der Waals surface area (Å²) in [6.07, 6.45) is 1.75. The van der Waals surface area contributed by atoms with E-state index in [0.717, 1.165) is 12.8 Å². The Morgan fingerprint density at radius 1 is 0.756 bits per heavy atom. The van der Waals surface area contributed by atoms with Crippen LogP contribution in [-0.2, 0) is 20.0 Å². The topological polar surface area (TPSA) is 140 Å². The molecule has 0 bridgehead atoms. The minimum Gasteiger partial charge on any atom is -0.497 e. The fourth-order valence-electron chi connectivity index (χ4n) is 4.42. The molecule has 3 aromatic rings. The molecule has 1 heterocycles. The molecule has 0 saturated carbocycles. The van der Waals surface area contributed by atoms with Crippen LogP contribution in [0.5, 0.6) is 17.2 Å². The van der Waals surface area contributed by atoms with Crippen molar-refractivity contribution >= 4 is 37.3 Å². The number of benzene rings is 3. The fourth-order valence-corrected chi connectivity index (χ4v) is 6.56. The predicted octanol–water partition coefficient (Wildman–Crippen LogP) is 4.19. The number of ether oxygens (including phenoxy) is 3. The highest BCUT2D eigenvalue weighted by Gasteiger charge is 2.26. The molecule has 3 aromatic carbocycles. The Kier molecular flexibility index (Phi) is 8.98. The van der Waals surface area contributed by atoms with Gasteiger partial charge >= 0.3 is 0 Å². The number of anilines is 2. The van der Waals surface area contributed by atoms with Crippen molar-refractivity contribution in [3.63, 3.8) is 0 Å². The zero-order chi connectivity index (χ0) is 29.8. The largest absolute Gasteiger partial charge is 0.497 e. The lowest BCUT2D eigenvalue weighted by molar-refractivity contribution is 0.0693. The minimum absolute atomic E-state index is 0.0986. The van der Waals surface area contributed by atoms with E-state index in [9.17, 15) is 21.6 Å². The van der Waals surface area contributed by atoms with E-state index in [1.807, 2.05) is 0 Å². The van der Waals surface area contributed by atoms with Gasteiger partial charge in [-0.05, 0) is 73.4 Å². The first-order valence-electron chi connectivity index (χ1n) is 12.8. The van der Waals surface area contributed by atoms with E-state index in [2.05, 4.69) is 16.4 Å². The second-order valence-corrected chi connectivity index (χ2v) is 13.0. The van der Waals surface area contributed by atoms with Gasteiger partial charge in [-0.3, -0.25) is 14.2 Å². The predicted molar refractivity (Wildman–Crippen MR) is 155 cm³/mol. The molecule has 1 saturated heterocycles. The molecular weight excluding hydrogens is 570 g/mol. The third-order valence-corrected chi connectivity index (χ3v) is 9.61. The van der Waals surface area contributed by atoms with E-state index >= 15 is 0 Å². The van der Waals surface area contributed by atoms with Crippen LogP contribution in [-0.4, -0.2) is 62.1 Å². The SMILES string of the molecule is COc1ccc(OC)c(NS(=O)(=O)c2ccc(NS(=O)(=O)c3ccc(OC)c(C(=O)N4CCC(C)CC4)c3)cc2)c1. The maximum absolute atomic E-state index is 13.2. The molecule has 2 N–H and O–H groups in total. The third kappa shape index (κ3) is 6.85. The van der Waals surface area contributed by atoms with Crippen molar-refractivity contribution in [3.05, 3.63) is 66.2 Å². The zero-order valence-electron chi connectivity index (χ0n) is 23.2. The molecule has 4 rings (SSSR count). The van der Waals surface area contributed by atoms with Gasteiger partial charge in [0.2, 0.25) is 0 Å². The smallest absolute Gasteiger partial charge is 0.262 e. The molecule has 11 nitrogen and oxygen atoms in total. The van der Waals surface area contributed by atoms with Gasteiger partial charge in [-0.25, -0.2) is 16.8 Å². The van der Waals surface area contributed by atoms with Gasteiger partial charge in [0.15, 0.2) is 0 Å². The summed E-state index contributed by atoms with van der Waals surface area (Å²) in [6, 6.07) is 14.0. The van der Waals surface area contributed by atoms with E-state index in [0.29, 0.717) is 30.5 Å². The van der Waals surface area contributed by atoms with Crippen LogP contribution in [0.2, 0.25) is 0 Å². The lowest BCUT2D eigenvalue weighted by atomic mass is 9.98. The molecule has 0 aromatic heterocycles. The van der Waals surface area contributed by atoms with Gasteiger partial charge in [0.05, 0.1) is 42.4 Å². The van der Waals surface area contributed by atoms with Gasteiger partial charge in [-0.2, -0.15) is 0 Å². The molecule has 41 heavy (non-hydrogen) atoms. The lowest BCUT2D eigenvalue weighted by Crippen LogP contribution is -2.38. The molecule has 0 spiro atoms. The lowest BCUT2D eigenvalue weighted by Gasteiger charge is -2.30. The standard InChI is InChI=1S/C28H33N3O8S2/c1-19-13-15-31(16-14-19)28(32)24-18-23(10-12-26(24)38-3)41(35,36)29-20-5-8-22(9-6-20)40(33,34)30-25-17-21(37-2)7-11-27(25)39-4/h5-12,17-19,29-30H,13-16H2,1-4H3. The van der Waals surface area contributed by atoms with Crippen LogP contribution >= 0.6 is 0 Å². The third-order valence-electron chi connectivity index (χ3n) is 6.85. The summed E-state index contributed by atoms with van der Waals surface area (Å²) in [5.74, 6) is 1.25. The number of hydrogen-bond donors (Lipinski definition) is 2. The average Bonchev–Trinajstić information content (AvgIpc) is 2.96. The van der Waals surface area contributed by atoms with Crippen LogP contribution in [0.15, 0.2) is 70.5 Å². The Morgan fingerprint density at radius 3 is 1.95 bits per heavy atom. The van der Waals surface area contributed by atoms with E-state index in [1.165, 1.54) is 69.9 Å². The highest BCUT2D eigenvalue weighted by atomic mass is 32.2. The maximum atomic E-state index is 13.2. The van der Waals surface area contributed by atoms with Crippen LogP contribution in [0.4, 0.5) is 11.4 Å². The monoisotopic (exact) mass is 603 g/mol. The van der Waals surface area contributed by atoms with E-state index < -0.39 is 20.0 Å². The average molecular weight is 604 g/mol. The molecule has 220 valence electrons. The molecule has 1 aliphatic heterocycles. The van der Waals surface area contributed by atoms with Crippen LogP contribution in [0.25, 0.3) is 0 Å². The summed E-state index contributed by atoms with van der Waals surface area (Å²) in [5.41, 5.74) is 0.475. The molecular formula is C28H33N3O8S2. The first-order valence-corrected chi connectivity index (χ1v) is 15.8. The highest BCUT2D eigenvalue weighted by molar-refractivity contribution is 7.93. The van der Waals surface area contributed by atoms with Crippen molar-refractivity contribution in [3.8, 4) is 17.2 Å². The summed E-state index contributed by atoms with van der Waals surface area (Å²) >= 11 is 0. The molecule has 13 heteroatoms. The molecule has 1 amide bonds. The fraction of sp³-hybridized carbons (Fsp3) is 0.321. The van der Waals surface area contributed by atoms with E-state index in [4.69, 9.17) is 14.2 Å². The van der Waals surface area contributed by atoms with E-state index in [-0.39, 0.29) is 38.4 Å². The Labute approximate surface area is 240 Å². The molecule has 0 atom stereocenters. The van der Waals surface area contributed by atoms with Gasteiger partial charge in [0.25, 0.3) is 26.0 Å². The van der Waals surface area contributed by atoms with Crippen molar-refractivity contribution in [2.24, 2.45) is 5.92 Å². The number of carbonyl (C=O) groups is 1. The van der Waals surface area contributed by atoms with Gasteiger partial charge in [-0.1, -0.05) is 6.92 Å². The van der Waals surface area contributed by atoms with Crippen LogP contribution < -0.4 is 23.7 Å². The maximum Gasteiger partial charge on any atom is 0.262 e. The Balaban J connectivity index is 1.53. The second-order valence-electron chi connectivity index (χ2n) is 9.64. The van der Waals surface area contributed by atoms with Gasteiger partial charge in [0, 0.05) is 24.8 Å². The van der Waals surface area contributed by atoms with E-state index in [1.54, 1.807) is 17.0 Å². The van der Waals surface area contributed by atoms with Crippen molar-refractivity contribution in [2.45, 2.75) is 29.6 Å².